The zero-order valence-corrected chi connectivity index (χ0v) is 5.95. The van der Waals surface area contributed by atoms with Gasteiger partial charge in [-0.1, -0.05) is 0 Å². The average Bonchev–Trinajstić information content (AvgIpc) is 1.98. The van der Waals surface area contributed by atoms with Crippen molar-refractivity contribution in [2.24, 2.45) is 0 Å². The molecule has 0 bridgehead atoms. The lowest BCUT2D eigenvalue weighted by Crippen LogP contribution is -2.13. The van der Waals surface area contributed by atoms with Gasteiger partial charge in [0.25, 0.3) is 0 Å². The highest BCUT2D eigenvalue weighted by atomic mass is 19.3. The topological polar surface area (TPSA) is 19.9 Å². The van der Waals surface area contributed by atoms with E-state index in [1.165, 1.54) is 0 Å². The van der Waals surface area contributed by atoms with Gasteiger partial charge in [-0.2, -0.15) is 13.9 Å². The third-order valence-corrected chi connectivity index (χ3v) is 1.35. The van der Waals surface area contributed by atoms with Crippen molar-refractivity contribution < 1.29 is 27.1 Å². The van der Waals surface area contributed by atoms with Gasteiger partial charge < -0.3 is 0 Å². The van der Waals surface area contributed by atoms with Crippen LogP contribution in [0.4, 0.5) is 22.0 Å². The summed E-state index contributed by atoms with van der Waals surface area (Å²) in [5.41, 5.74) is -1.70. The Morgan fingerprint density at radius 2 is 1.54 bits per heavy atom. The van der Waals surface area contributed by atoms with Gasteiger partial charge in [0.2, 0.25) is 0 Å². The van der Waals surface area contributed by atoms with Crippen molar-refractivity contribution in [2.45, 2.75) is 6.11 Å². The molecule has 1 radical (unpaired) electrons. The van der Waals surface area contributed by atoms with Crippen molar-refractivity contribution in [3.05, 3.63) is 35.1 Å². The van der Waals surface area contributed by atoms with Gasteiger partial charge >= 0.3 is 6.11 Å². The predicted octanol–water partition coefficient (Wildman–Crippen LogP) is 2.58. The van der Waals surface area contributed by atoms with Crippen LogP contribution in [0.5, 0.6) is 0 Å². The second-order valence-corrected chi connectivity index (χ2v) is 2.24. The minimum Gasteiger partial charge on any atom is -0.204 e. The smallest absolute Gasteiger partial charge is 0.204 e. The van der Waals surface area contributed by atoms with Crippen LogP contribution in [0.25, 0.3) is 0 Å². The molecular weight excluding hydrogens is 195 g/mol. The summed E-state index contributed by atoms with van der Waals surface area (Å²) in [6.07, 6.45) is -4.77. The molecular formula is C7H2F5O. The van der Waals surface area contributed by atoms with Crippen LogP contribution in [0.3, 0.4) is 0 Å². The number of hydrogen-bond acceptors (Lipinski definition) is 0. The van der Waals surface area contributed by atoms with Gasteiger partial charge in [-0.3, -0.25) is 0 Å². The van der Waals surface area contributed by atoms with E-state index in [1.54, 1.807) is 0 Å². The van der Waals surface area contributed by atoms with E-state index in [2.05, 4.69) is 0 Å². The number of benzene rings is 1. The minimum absolute atomic E-state index is 0.209. The average molecular weight is 197 g/mol. The quantitative estimate of drug-likeness (QED) is 0.487. The third-order valence-electron chi connectivity index (χ3n) is 1.35. The Labute approximate surface area is 69.4 Å². The molecule has 0 saturated heterocycles. The van der Waals surface area contributed by atoms with Crippen LogP contribution in [-0.4, -0.2) is 0 Å². The molecule has 0 amide bonds. The van der Waals surface area contributed by atoms with Crippen LogP contribution >= 0.6 is 0 Å². The molecule has 1 aromatic rings. The molecule has 0 saturated carbocycles. The Balaban J connectivity index is 3.35. The maximum atomic E-state index is 12.5. The molecule has 0 aromatic heterocycles. The fourth-order valence-electron chi connectivity index (χ4n) is 0.751. The summed E-state index contributed by atoms with van der Waals surface area (Å²) in [4.78, 5) is 0. The van der Waals surface area contributed by atoms with E-state index >= 15 is 0 Å². The molecule has 71 valence electrons. The molecule has 0 aliphatic rings. The summed E-state index contributed by atoms with van der Waals surface area (Å²) in [5.74, 6) is -5.85. The third kappa shape index (κ3) is 1.77. The van der Waals surface area contributed by atoms with Crippen molar-refractivity contribution in [3.8, 4) is 0 Å². The van der Waals surface area contributed by atoms with Crippen molar-refractivity contribution in [3.63, 3.8) is 0 Å². The molecule has 13 heavy (non-hydrogen) atoms. The molecule has 0 spiro atoms. The van der Waals surface area contributed by atoms with Crippen molar-refractivity contribution in [2.75, 3.05) is 0 Å². The summed E-state index contributed by atoms with van der Waals surface area (Å²) >= 11 is 0. The fourth-order valence-corrected chi connectivity index (χ4v) is 0.751. The Morgan fingerprint density at radius 1 is 1.00 bits per heavy atom. The Morgan fingerprint density at radius 3 is 2.00 bits per heavy atom. The van der Waals surface area contributed by atoms with Gasteiger partial charge in [0.05, 0.1) is 5.56 Å². The van der Waals surface area contributed by atoms with Gasteiger partial charge in [0.1, 0.15) is 0 Å². The Bertz CT molecular complexity index is 330. The molecule has 0 N–H and O–H groups in total. The van der Waals surface area contributed by atoms with E-state index in [4.69, 9.17) is 0 Å². The highest BCUT2D eigenvalue weighted by Gasteiger charge is 2.35. The standard InChI is InChI=1S/C7H2F5O/c8-4-2-1-3(7(11,12)13)5(9)6(4)10/h1-2H. The van der Waals surface area contributed by atoms with Crippen LogP contribution < -0.4 is 0 Å². The van der Waals surface area contributed by atoms with Gasteiger partial charge in [-0.15, -0.1) is 0 Å². The molecule has 6 heteroatoms. The molecule has 1 nitrogen and oxygen atoms in total. The van der Waals surface area contributed by atoms with Gasteiger partial charge in [-0.25, -0.2) is 13.2 Å². The van der Waals surface area contributed by atoms with Crippen molar-refractivity contribution in [1.82, 2.24) is 0 Å². The van der Waals surface area contributed by atoms with Crippen LogP contribution in [0.2, 0.25) is 0 Å². The van der Waals surface area contributed by atoms with Gasteiger partial charge in [0.15, 0.2) is 17.5 Å². The molecule has 0 atom stereocenters. The Hall–Kier alpha value is -1.17. The SMILES string of the molecule is [O]C(F)(F)c1ccc(F)c(F)c1F. The van der Waals surface area contributed by atoms with Crippen LogP contribution in [0.15, 0.2) is 12.1 Å². The van der Waals surface area contributed by atoms with Crippen molar-refractivity contribution in [1.29, 1.82) is 0 Å². The number of alkyl halides is 2. The molecule has 0 aliphatic heterocycles. The maximum absolute atomic E-state index is 12.5. The number of hydrogen-bond donors (Lipinski definition) is 0. The van der Waals surface area contributed by atoms with Crippen LogP contribution in [0, 0.1) is 17.5 Å². The molecule has 0 fully saturated rings. The lowest BCUT2D eigenvalue weighted by atomic mass is 10.2. The zero-order valence-electron chi connectivity index (χ0n) is 5.95. The highest BCUT2D eigenvalue weighted by molar-refractivity contribution is 5.22. The van der Waals surface area contributed by atoms with E-state index in [0.717, 1.165) is 0 Å². The first-order chi connectivity index (χ1) is 5.84. The second-order valence-electron chi connectivity index (χ2n) is 2.24. The summed E-state index contributed by atoms with van der Waals surface area (Å²) in [5, 5.41) is 9.93. The zero-order chi connectivity index (χ0) is 10.2. The minimum atomic E-state index is -4.77. The molecule has 0 aliphatic carbocycles. The van der Waals surface area contributed by atoms with E-state index in [0.29, 0.717) is 0 Å². The monoisotopic (exact) mass is 197 g/mol. The Kier molecular flexibility index (Phi) is 2.25. The van der Waals surface area contributed by atoms with Crippen LogP contribution in [0.1, 0.15) is 5.56 Å². The van der Waals surface area contributed by atoms with E-state index < -0.39 is 29.1 Å². The largest absolute Gasteiger partial charge is 0.411 e. The predicted molar refractivity (Wildman–Crippen MR) is 30.9 cm³/mol. The van der Waals surface area contributed by atoms with Crippen molar-refractivity contribution >= 4 is 0 Å². The first-order valence-electron chi connectivity index (χ1n) is 3.06. The first kappa shape index (κ1) is 9.91. The second kappa shape index (κ2) is 2.95. The lowest BCUT2D eigenvalue weighted by Gasteiger charge is -2.07. The molecule has 1 aromatic carbocycles. The van der Waals surface area contributed by atoms with Gasteiger partial charge in [-0.05, 0) is 12.1 Å². The lowest BCUT2D eigenvalue weighted by molar-refractivity contribution is -0.254. The molecule has 1 rings (SSSR count). The summed E-state index contributed by atoms with van der Waals surface area (Å²) in [6, 6.07) is 0.473. The maximum Gasteiger partial charge on any atom is 0.411 e. The summed E-state index contributed by atoms with van der Waals surface area (Å²) < 4.78 is 60.8. The van der Waals surface area contributed by atoms with Crippen LogP contribution in [-0.2, 0) is 11.2 Å². The highest BCUT2D eigenvalue weighted by Crippen LogP contribution is 2.29. The van der Waals surface area contributed by atoms with E-state index in [9.17, 15) is 27.1 Å². The summed E-state index contributed by atoms with van der Waals surface area (Å²) in [6.45, 7) is 0. The fraction of sp³-hybridized carbons (Fsp3) is 0.143. The summed E-state index contributed by atoms with van der Waals surface area (Å²) in [7, 11) is 0. The first-order valence-corrected chi connectivity index (χ1v) is 3.06. The van der Waals surface area contributed by atoms with Gasteiger partial charge in [0, 0.05) is 0 Å². The number of rotatable bonds is 1. The molecule has 0 unspecified atom stereocenters. The van der Waals surface area contributed by atoms with E-state index in [-0.39, 0.29) is 12.1 Å². The number of halogens is 5. The van der Waals surface area contributed by atoms with E-state index in [1.807, 2.05) is 0 Å². The molecule has 0 heterocycles. The normalized spacial score (nSPS) is 11.8.